The van der Waals surface area contributed by atoms with E-state index in [0.717, 1.165) is 19.6 Å². The van der Waals surface area contributed by atoms with Crippen molar-refractivity contribution in [1.29, 1.82) is 0 Å². The van der Waals surface area contributed by atoms with Gasteiger partial charge in [0, 0.05) is 19.6 Å². The second kappa shape index (κ2) is 5.92. The van der Waals surface area contributed by atoms with E-state index in [1.165, 1.54) is 0 Å². The van der Waals surface area contributed by atoms with Gasteiger partial charge in [-0.15, -0.1) is 0 Å². The highest BCUT2D eigenvalue weighted by Gasteiger charge is 1.77. The van der Waals surface area contributed by atoms with Gasteiger partial charge in [-0.1, -0.05) is 6.92 Å². The molecule has 2 nitrogen and oxygen atoms in total. The van der Waals surface area contributed by atoms with Gasteiger partial charge >= 0.3 is 0 Å². The molecule has 0 rings (SSSR count). The normalized spacial score (nSPS) is 9.43. The van der Waals surface area contributed by atoms with Crippen molar-refractivity contribution in [3.63, 3.8) is 0 Å². The molecule has 0 fully saturated rings. The van der Waals surface area contributed by atoms with Crippen LogP contribution in [0.1, 0.15) is 6.92 Å². The fourth-order valence-electron chi connectivity index (χ4n) is 0.349. The molecule has 0 aromatic heterocycles. The van der Waals surface area contributed by atoms with Crippen LogP contribution in [0.3, 0.4) is 0 Å². The lowest BCUT2D eigenvalue weighted by Crippen LogP contribution is -2.19. The molecule has 1 N–H and O–H groups in total. The summed E-state index contributed by atoms with van der Waals surface area (Å²) in [6.07, 6.45) is 0. The van der Waals surface area contributed by atoms with Gasteiger partial charge in [0.15, 0.2) is 0 Å². The highest BCUT2D eigenvalue weighted by atomic mass is 14.9. The van der Waals surface area contributed by atoms with Gasteiger partial charge < -0.3 is 5.32 Å². The number of hydrogen-bond donors (Lipinski definition) is 1. The highest BCUT2D eigenvalue weighted by Crippen LogP contribution is 1.56. The molecule has 1 radical (unpaired) electrons. The van der Waals surface area contributed by atoms with Crippen molar-refractivity contribution in [1.82, 2.24) is 10.6 Å². The predicted octanol–water partition coefficient (Wildman–Crippen LogP) is -0.170. The van der Waals surface area contributed by atoms with Crippen molar-refractivity contribution in [2.24, 2.45) is 0 Å². The average molecular weight is 101 g/mol. The van der Waals surface area contributed by atoms with Gasteiger partial charge in [0.1, 0.15) is 0 Å². The number of nitrogens with zero attached hydrogens (tertiary/aromatic N) is 1. The Morgan fingerprint density at radius 3 is 2.71 bits per heavy atom. The minimum absolute atomic E-state index is 0.946. The maximum Gasteiger partial charge on any atom is 0.0258 e. The molecule has 43 valence electrons. The molecule has 0 aromatic rings. The summed E-state index contributed by atoms with van der Waals surface area (Å²) >= 11 is 0. The fraction of sp³-hybridized carbons (Fsp3) is 1.00. The van der Waals surface area contributed by atoms with Gasteiger partial charge in [0.25, 0.3) is 0 Å². The standard InChI is InChI=1S/C5H13N2/c1-3-7-5-4-6-2/h6H,3-5H2,1-2H3. The van der Waals surface area contributed by atoms with Crippen LogP contribution in [0, 0.1) is 0 Å². The second-order valence-corrected chi connectivity index (χ2v) is 1.37. The summed E-state index contributed by atoms with van der Waals surface area (Å²) in [4.78, 5) is 0. The summed E-state index contributed by atoms with van der Waals surface area (Å²) in [5.74, 6) is 0. The molecule has 0 bridgehead atoms. The summed E-state index contributed by atoms with van der Waals surface area (Å²) < 4.78 is 0. The molecule has 0 saturated carbocycles. The molecule has 0 unspecified atom stereocenters. The summed E-state index contributed by atoms with van der Waals surface area (Å²) in [7, 11) is 1.94. The minimum Gasteiger partial charge on any atom is -0.318 e. The maximum absolute atomic E-state index is 4.10. The zero-order valence-corrected chi connectivity index (χ0v) is 5.07. The Morgan fingerprint density at radius 1 is 1.57 bits per heavy atom. The average Bonchev–Trinajstić information content (AvgIpc) is 1.69. The number of likely N-dealkylation sites (N-methyl/N-ethyl adjacent to an activating group) is 2. The van der Waals surface area contributed by atoms with Crippen LogP contribution in [0.15, 0.2) is 0 Å². The monoisotopic (exact) mass is 101 g/mol. The van der Waals surface area contributed by atoms with Crippen LogP contribution >= 0.6 is 0 Å². The van der Waals surface area contributed by atoms with Gasteiger partial charge in [0.2, 0.25) is 0 Å². The van der Waals surface area contributed by atoms with Crippen molar-refractivity contribution in [3.05, 3.63) is 0 Å². The second-order valence-electron chi connectivity index (χ2n) is 1.37. The van der Waals surface area contributed by atoms with Crippen molar-refractivity contribution < 1.29 is 0 Å². The first-order valence-corrected chi connectivity index (χ1v) is 2.69. The van der Waals surface area contributed by atoms with E-state index in [-0.39, 0.29) is 0 Å². The first-order chi connectivity index (χ1) is 3.41. The molecular weight excluding hydrogens is 88.1 g/mol. The van der Waals surface area contributed by atoms with E-state index in [0.29, 0.717) is 0 Å². The SMILES string of the molecule is CC[N]CCNC. The molecule has 7 heavy (non-hydrogen) atoms. The molecule has 0 saturated heterocycles. The molecular formula is C5H13N2. The summed E-state index contributed by atoms with van der Waals surface area (Å²) in [5.41, 5.74) is 0. The van der Waals surface area contributed by atoms with Crippen molar-refractivity contribution in [3.8, 4) is 0 Å². The Bertz CT molecular complexity index is 25.3. The van der Waals surface area contributed by atoms with E-state index in [1.807, 2.05) is 7.05 Å². The van der Waals surface area contributed by atoms with Gasteiger partial charge in [0.05, 0.1) is 0 Å². The van der Waals surface area contributed by atoms with Crippen LogP contribution in [-0.2, 0) is 0 Å². The topological polar surface area (TPSA) is 26.1 Å². The smallest absolute Gasteiger partial charge is 0.0258 e. The number of hydrogen-bond acceptors (Lipinski definition) is 1. The number of rotatable bonds is 4. The Hall–Kier alpha value is -0.0800. The molecule has 2 heteroatoms. The summed E-state index contributed by atoms with van der Waals surface area (Å²) in [6, 6.07) is 0. The van der Waals surface area contributed by atoms with Crippen LogP contribution in [-0.4, -0.2) is 26.7 Å². The lowest BCUT2D eigenvalue weighted by molar-refractivity contribution is 0.661. The van der Waals surface area contributed by atoms with E-state index in [4.69, 9.17) is 0 Å². The van der Waals surface area contributed by atoms with Crippen LogP contribution in [0.25, 0.3) is 0 Å². The van der Waals surface area contributed by atoms with E-state index >= 15 is 0 Å². The van der Waals surface area contributed by atoms with Gasteiger partial charge in [-0.2, -0.15) is 0 Å². The molecule has 0 aromatic carbocycles. The zero-order chi connectivity index (χ0) is 5.54. The summed E-state index contributed by atoms with van der Waals surface area (Å²) in [6.45, 7) is 4.96. The number of nitrogens with one attached hydrogen (secondary N) is 1. The highest BCUT2D eigenvalue weighted by molar-refractivity contribution is 4.42. The lowest BCUT2D eigenvalue weighted by Gasteiger charge is -1.94. The quantitative estimate of drug-likeness (QED) is 0.489. The van der Waals surface area contributed by atoms with E-state index < -0.39 is 0 Å². The molecule has 0 aliphatic carbocycles. The Morgan fingerprint density at radius 2 is 2.29 bits per heavy atom. The first kappa shape index (κ1) is 6.92. The van der Waals surface area contributed by atoms with Gasteiger partial charge in [-0.05, 0) is 7.05 Å². The third-order valence-electron chi connectivity index (χ3n) is 0.744. The lowest BCUT2D eigenvalue weighted by atomic mass is 10.6. The minimum atomic E-state index is 0.946. The molecule has 0 atom stereocenters. The molecule has 0 amide bonds. The van der Waals surface area contributed by atoms with Crippen LogP contribution in [0.2, 0.25) is 0 Å². The summed E-state index contributed by atoms with van der Waals surface area (Å²) in [5, 5.41) is 7.11. The third kappa shape index (κ3) is 5.92. The molecule has 0 heterocycles. The fourth-order valence-corrected chi connectivity index (χ4v) is 0.349. The maximum atomic E-state index is 4.10. The van der Waals surface area contributed by atoms with Crippen molar-refractivity contribution >= 4 is 0 Å². The van der Waals surface area contributed by atoms with E-state index in [1.54, 1.807) is 0 Å². The first-order valence-electron chi connectivity index (χ1n) is 2.69. The Balaban J connectivity index is 2.45. The van der Waals surface area contributed by atoms with Crippen molar-refractivity contribution in [2.75, 3.05) is 26.7 Å². The van der Waals surface area contributed by atoms with Crippen LogP contribution in [0.5, 0.6) is 0 Å². The zero-order valence-electron chi connectivity index (χ0n) is 5.07. The van der Waals surface area contributed by atoms with Gasteiger partial charge in [-0.3, -0.25) is 0 Å². The largest absolute Gasteiger partial charge is 0.318 e. The van der Waals surface area contributed by atoms with E-state index in [9.17, 15) is 0 Å². The molecule has 0 spiro atoms. The molecule has 0 aliphatic heterocycles. The van der Waals surface area contributed by atoms with Crippen LogP contribution < -0.4 is 10.6 Å². The predicted molar refractivity (Wildman–Crippen MR) is 31.5 cm³/mol. The van der Waals surface area contributed by atoms with Crippen molar-refractivity contribution in [2.45, 2.75) is 6.92 Å². The Labute approximate surface area is 45.3 Å². The van der Waals surface area contributed by atoms with Gasteiger partial charge in [-0.25, -0.2) is 5.32 Å². The van der Waals surface area contributed by atoms with E-state index in [2.05, 4.69) is 17.6 Å². The van der Waals surface area contributed by atoms with Crippen LogP contribution in [0.4, 0.5) is 0 Å². The molecule has 0 aliphatic rings. The third-order valence-corrected chi connectivity index (χ3v) is 0.744. The Kier molecular flexibility index (Phi) is 5.85.